The van der Waals surface area contributed by atoms with E-state index in [9.17, 15) is 4.79 Å². The van der Waals surface area contributed by atoms with Gasteiger partial charge in [-0.1, -0.05) is 6.07 Å². The molecule has 0 amide bonds. The molecule has 0 aliphatic heterocycles. The highest BCUT2D eigenvalue weighted by molar-refractivity contribution is 7.13. The molecule has 0 aliphatic rings. The van der Waals surface area contributed by atoms with E-state index >= 15 is 0 Å². The number of aromatic amines is 1. The summed E-state index contributed by atoms with van der Waals surface area (Å²) in [7, 11) is 0. The molecule has 2 aromatic heterocycles. The minimum absolute atomic E-state index is 0.483. The van der Waals surface area contributed by atoms with Crippen molar-refractivity contribution in [3.63, 3.8) is 0 Å². The highest BCUT2D eigenvalue weighted by Crippen LogP contribution is 2.25. The molecule has 0 aliphatic carbocycles. The second kappa shape index (κ2) is 5.11. The largest absolute Gasteiger partial charge is 0.480 e. The quantitative estimate of drug-likeness (QED) is 0.755. The minimum atomic E-state index is -0.855. The molecule has 90 valence electrons. The number of thiophene rings is 1. The molecule has 2 heterocycles. The molecule has 1 atom stereocenters. The van der Waals surface area contributed by atoms with Gasteiger partial charge >= 0.3 is 5.97 Å². The van der Waals surface area contributed by atoms with Crippen molar-refractivity contribution in [1.82, 2.24) is 15.5 Å². The second-order valence-electron chi connectivity index (χ2n) is 3.69. The van der Waals surface area contributed by atoms with Crippen molar-refractivity contribution in [3.8, 4) is 10.6 Å². The predicted octanol–water partition coefficient (Wildman–Crippen LogP) is 1.70. The standard InChI is InChI=1S/C11H13N3O2S/c1-7(11(15)16)12-5-8-6-13-14-10(8)9-3-2-4-17-9/h2-4,6-7,12H,5H2,1H3,(H,13,14)(H,15,16). The maximum atomic E-state index is 10.7. The van der Waals surface area contributed by atoms with Crippen molar-refractivity contribution in [2.24, 2.45) is 0 Å². The lowest BCUT2D eigenvalue weighted by molar-refractivity contribution is -0.139. The number of nitrogens with zero attached hydrogens (tertiary/aromatic N) is 1. The highest BCUT2D eigenvalue weighted by atomic mass is 32.1. The average Bonchev–Trinajstić information content (AvgIpc) is 2.95. The molecule has 0 saturated heterocycles. The van der Waals surface area contributed by atoms with Crippen molar-refractivity contribution in [1.29, 1.82) is 0 Å². The lowest BCUT2D eigenvalue weighted by Crippen LogP contribution is -2.33. The van der Waals surface area contributed by atoms with Gasteiger partial charge in [0.2, 0.25) is 0 Å². The Morgan fingerprint density at radius 1 is 1.71 bits per heavy atom. The molecule has 0 aromatic carbocycles. The minimum Gasteiger partial charge on any atom is -0.480 e. The van der Waals surface area contributed by atoms with E-state index in [0.29, 0.717) is 6.54 Å². The van der Waals surface area contributed by atoms with Crippen molar-refractivity contribution in [2.45, 2.75) is 19.5 Å². The third-order valence-corrected chi connectivity index (χ3v) is 3.34. The number of aromatic nitrogens is 2. The summed E-state index contributed by atoms with van der Waals surface area (Å²) in [6.07, 6.45) is 1.72. The van der Waals surface area contributed by atoms with Gasteiger partial charge in [-0.2, -0.15) is 5.10 Å². The number of nitrogens with one attached hydrogen (secondary N) is 2. The Labute approximate surface area is 102 Å². The normalized spacial score (nSPS) is 12.5. The molecule has 6 heteroatoms. The van der Waals surface area contributed by atoms with E-state index in [0.717, 1.165) is 16.1 Å². The molecule has 0 spiro atoms. The molecule has 0 radical (unpaired) electrons. The topological polar surface area (TPSA) is 78.0 Å². The zero-order valence-electron chi connectivity index (χ0n) is 9.30. The van der Waals surface area contributed by atoms with Crippen LogP contribution in [0.3, 0.4) is 0 Å². The van der Waals surface area contributed by atoms with Gasteiger partial charge < -0.3 is 10.4 Å². The van der Waals surface area contributed by atoms with Crippen molar-refractivity contribution in [2.75, 3.05) is 0 Å². The van der Waals surface area contributed by atoms with Crippen LogP contribution >= 0.6 is 11.3 Å². The zero-order valence-corrected chi connectivity index (χ0v) is 10.1. The molecule has 5 nitrogen and oxygen atoms in total. The lowest BCUT2D eigenvalue weighted by Gasteiger charge is -2.08. The number of carbonyl (C=O) groups is 1. The van der Waals surface area contributed by atoms with Crippen molar-refractivity contribution in [3.05, 3.63) is 29.3 Å². The fourth-order valence-electron chi connectivity index (χ4n) is 1.43. The van der Waals surface area contributed by atoms with Crippen LogP contribution in [-0.2, 0) is 11.3 Å². The van der Waals surface area contributed by atoms with Crippen LogP contribution in [0.25, 0.3) is 10.6 Å². The summed E-state index contributed by atoms with van der Waals surface area (Å²) in [6, 6.07) is 3.40. The van der Waals surface area contributed by atoms with Gasteiger partial charge in [0.15, 0.2) is 0 Å². The Morgan fingerprint density at radius 3 is 3.18 bits per heavy atom. The molecule has 0 saturated carbocycles. The van der Waals surface area contributed by atoms with E-state index in [1.165, 1.54) is 0 Å². The fraction of sp³-hybridized carbons (Fsp3) is 0.273. The van der Waals surface area contributed by atoms with Crippen LogP contribution in [0.4, 0.5) is 0 Å². The third kappa shape index (κ3) is 2.72. The number of H-pyrrole nitrogens is 1. The SMILES string of the molecule is CC(NCc1cn[nH]c1-c1cccs1)C(=O)O. The molecule has 17 heavy (non-hydrogen) atoms. The first-order valence-electron chi connectivity index (χ1n) is 5.21. The Hall–Kier alpha value is -1.66. The summed E-state index contributed by atoms with van der Waals surface area (Å²) in [5.74, 6) is -0.855. The van der Waals surface area contributed by atoms with Crippen LogP contribution in [0.1, 0.15) is 12.5 Å². The zero-order chi connectivity index (χ0) is 12.3. The van der Waals surface area contributed by atoms with Gasteiger partial charge in [-0.3, -0.25) is 9.89 Å². The van der Waals surface area contributed by atoms with Crippen LogP contribution in [0.2, 0.25) is 0 Å². The van der Waals surface area contributed by atoms with Crippen molar-refractivity contribution < 1.29 is 9.90 Å². The second-order valence-corrected chi connectivity index (χ2v) is 4.64. The monoisotopic (exact) mass is 251 g/mol. The molecule has 2 aromatic rings. The lowest BCUT2D eigenvalue weighted by atomic mass is 10.2. The van der Waals surface area contributed by atoms with Gasteiger partial charge in [-0.25, -0.2) is 0 Å². The average molecular weight is 251 g/mol. The molecular weight excluding hydrogens is 238 g/mol. The summed E-state index contributed by atoms with van der Waals surface area (Å²) in [5.41, 5.74) is 1.92. The summed E-state index contributed by atoms with van der Waals surface area (Å²) in [5, 5.41) is 20.6. The van der Waals surface area contributed by atoms with E-state index in [4.69, 9.17) is 5.11 Å². The number of hydrogen-bond donors (Lipinski definition) is 3. The van der Waals surface area contributed by atoms with Crippen LogP contribution in [0.5, 0.6) is 0 Å². The molecule has 1 unspecified atom stereocenters. The predicted molar refractivity (Wildman–Crippen MR) is 65.8 cm³/mol. The van der Waals surface area contributed by atoms with E-state index in [-0.39, 0.29) is 0 Å². The Kier molecular flexibility index (Phi) is 3.55. The molecule has 0 fully saturated rings. The number of carboxylic acid groups (broad SMARTS) is 1. The number of carboxylic acids is 1. The molecule has 2 rings (SSSR count). The highest BCUT2D eigenvalue weighted by Gasteiger charge is 2.13. The molecule has 3 N–H and O–H groups in total. The van der Waals surface area contributed by atoms with Crippen LogP contribution in [-0.4, -0.2) is 27.3 Å². The summed E-state index contributed by atoms with van der Waals surface area (Å²) in [6.45, 7) is 2.10. The summed E-state index contributed by atoms with van der Waals surface area (Å²) < 4.78 is 0. The number of aliphatic carboxylic acids is 1. The van der Waals surface area contributed by atoms with E-state index in [1.54, 1.807) is 24.5 Å². The summed E-state index contributed by atoms with van der Waals surface area (Å²) in [4.78, 5) is 11.8. The van der Waals surface area contributed by atoms with Crippen LogP contribution in [0, 0.1) is 0 Å². The summed E-state index contributed by atoms with van der Waals surface area (Å²) >= 11 is 1.62. The molecule has 0 bridgehead atoms. The van der Waals surface area contributed by atoms with Gasteiger partial charge in [0.05, 0.1) is 16.8 Å². The first kappa shape index (κ1) is 11.8. The number of rotatable bonds is 5. The maximum Gasteiger partial charge on any atom is 0.320 e. The first-order chi connectivity index (χ1) is 8.18. The Morgan fingerprint density at radius 2 is 2.53 bits per heavy atom. The van der Waals surface area contributed by atoms with Gasteiger partial charge in [0.25, 0.3) is 0 Å². The van der Waals surface area contributed by atoms with Gasteiger partial charge in [-0.15, -0.1) is 11.3 Å². The van der Waals surface area contributed by atoms with E-state index in [2.05, 4.69) is 15.5 Å². The fourth-order valence-corrected chi connectivity index (χ4v) is 2.19. The van der Waals surface area contributed by atoms with E-state index in [1.807, 2.05) is 17.5 Å². The van der Waals surface area contributed by atoms with Gasteiger partial charge in [0.1, 0.15) is 6.04 Å². The van der Waals surface area contributed by atoms with Gasteiger partial charge in [0, 0.05) is 12.1 Å². The van der Waals surface area contributed by atoms with Crippen molar-refractivity contribution >= 4 is 17.3 Å². The first-order valence-corrected chi connectivity index (χ1v) is 6.08. The van der Waals surface area contributed by atoms with Crippen LogP contribution in [0.15, 0.2) is 23.7 Å². The van der Waals surface area contributed by atoms with Gasteiger partial charge in [-0.05, 0) is 18.4 Å². The number of hydrogen-bond acceptors (Lipinski definition) is 4. The Balaban J connectivity index is 2.08. The molecular formula is C11H13N3O2S. The Bertz CT molecular complexity index is 493. The van der Waals surface area contributed by atoms with E-state index < -0.39 is 12.0 Å². The van der Waals surface area contributed by atoms with Crippen LogP contribution < -0.4 is 5.32 Å². The third-order valence-electron chi connectivity index (χ3n) is 2.45. The maximum absolute atomic E-state index is 10.7. The smallest absolute Gasteiger partial charge is 0.320 e.